The van der Waals surface area contributed by atoms with Crippen molar-refractivity contribution in [3.05, 3.63) is 62.2 Å². The van der Waals surface area contributed by atoms with E-state index in [4.69, 9.17) is 10.5 Å². The van der Waals surface area contributed by atoms with E-state index in [1.54, 1.807) is 7.11 Å². The van der Waals surface area contributed by atoms with Crippen molar-refractivity contribution in [3.8, 4) is 5.75 Å². The third-order valence-electron chi connectivity index (χ3n) is 3.26. The molecule has 0 saturated carbocycles. The third kappa shape index (κ3) is 2.92. The molecule has 2 aromatic rings. The van der Waals surface area contributed by atoms with Crippen LogP contribution in [0.15, 0.2) is 36.4 Å². The van der Waals surface area contributed by atoms with Gasteiger partial charge in [0, 0.05) is 9.13 Å². The van der Waals surface area contributed by atoms with E-state index in [-0.39, 0.29) is 6.04 Å². The fourth-order valence-corrected chi connectivity index (χ4v) is 3.11. The van der Waals surface area contributed by atoms with Gasteiger partial charge < -0.3 is 10.5 Å². The molecule has 0 aromatic heterocycles. The minimum absolute atomic E-state index is 0.163. The lowest BCUT2D eigenvalue weighted by Crippen LogP contribution is -2.16. The summed E-state index contributed by atoms with van der Waals surface area (Å²) in [5.41, 5.74) is 11.0. The van der Waals surface area contributed by atoms with E-state index in [1.165, 1.54) is 14.7 Å². The van der Waals surface area contributed by atoms with Crippen molar-refractivity contribution in [2.24, 2.45) is 5.73 Å². The van der Waals surface area contributed by atoms with Gasteiger partial charge in [-0.1, -0.05) is 24.3 Å². The first-order chi connectivity index (χ1) is 9.04. The summed E-state index contributed by atoms with van der Waals surface area (Å²) in [6, 6.07) is 12.2. The van der Waals surface area contributed by atoms with Crippen molar-refractivity contribution in [2.45, 2.75) is 19.9 Å². The maximum Gasteiger partial charge on any atom is 0.124 e. The fourth-order valence-electron chi connectivity index (χ4n) is 2.39. The predicted molar refractivity (Wildman–Crippen MR) is 87.7 cm³/mol. The third-order valence-corrected chi connectivity index (χ3v) is 4.25. The molecule has 0 spiro atoms. The molecular weight excluding hydrogens is 349 g/mol. The summed E-state index contributed by atoms with van der Waals surface area (Å²) in [5, 5.41) is 0. The molecule has 100 valence electrons. The van der Waals surface area contributed by atoms with Gasteiger partial charge in [-0.2, -0.15) is 0 Å². The first-order valence-electron chi connectivity index (χ1n) is 6.19. The Labute approximate surface area is 128 Å². The van der Waals surface area contributed by atoms with Crippen LogP contribution in [0.5, 0.6) is 5.75 Å². The summed E-state index contributed by atoms with van der Waals surface area (Å²) in [7, 11) is 1.69. The Morgan fingerprint density at radius 1 is 1.16 bits per heavy atom. The Balaban J connectivity index is 2.56. The summed E-state index contributed by atoms with van der Waals surface area (Å²) in [6.45, 7) is 4.15. The molecule has 0 bridgehead atoms. The number of hydrogen-bond acceptors (Lipinski definition) is 2. The molecule has 0 heterocycles. The van der Waals surface area contributed by atoms with E-state index >= 15 is 0 Å². The highest BCUT2D eigenvalue weighted by Crippen LogP contribution is 2.33. The van der Waals surface area contributed by atoms with Crippen molar-refractivity contribution in [3.63, 3.8) is 0 Å². The number of methoxy groups -OCH3 is 1. The molecule has 2 N–H and O–H groups in total. The fraction of sp³-hybridized carbons (Fsp3) is 0.250. The van der Waals surface area contributed by atoms with E-state index < -0.39 is 0 Å². The smallest absolute Gasteiger partial charge is 0.124 e. The minimum Gasteiger partial charge on any atom is -0.496 e. The number of ether oxygens (including phenoxy) is 1. The normalized spacial score (nSPS) is 12.3. The monoisotopic (exact) mass is 367 g/mol. The average molecular weight is 367 g/mol. The second kappa shape index (κ2) is 5.92. The van der Waals surface area contributed by atoms with E-state index in [2.05, 4.69) is 54.6 Å². The van der Waals surface area contributed by atoms with Crippen LogP contribution in [0.1, 0.15) is 28.3 Å². The number of hydrogen-bond donors (Lipinski definition) is 1. The molecule has 2 aromatic carbocycles. The summed E-state index contributed by atoms with van der Waals surface area (Å²) < 4.78 is 6.68. The van der Waals surface area contributed by atoms with Crippen LogP contribution in [-0.4, -0.2) is 7.11 Å². The average Bonchev–Trinajstić information content (AvgIpc) is 2.37. The molecule has 2 rings (SSSR count). The first kappa shape index (κ1) is 14.3. The lowest BCUT2D eigenvalue weighted by Gasteiger charge is -2.20. The van der Waals surface area contributed by atoms with Crippen LogP contribution in [0.4, 0.5) is 0 Å². The molecule has 19 heavy (non-hydrogen) atoms. The van der Waals surface area contributed by atoms with Gasteiger partial charge in [0.05, 0.1) is 13.2 Å². The highest BCUT2D eigenvalue weighted by molar-refractivity contribution is 14.1. The number of aryl methyl sites for hydroxylation is 2. The minimum atomic E-state index is -0.163. The lowest BCUT2D eigenvalue weighted by atomic mass is 9.93. The van der Waals surface area contributed by atoms with Crippen molar-refractivity contribution in [1.82, 2.24) is 0 Å². The van der Waals surface area contributed by atoms with E-state index in [0.717, 1.165) is 16.9 Å². The van der Waals surface area contributed by atoms with Crippen LogP contribution in [0.2, 0.25) is 0 Å². The van der Waals surface area contributed by atoms with Crippen molar-refractivity contribution in [2.75, 3.05) is 7.11 Å². The summed E-state index contributed by atoms with van der Waals surface area (Å²) in [5.74, 6) is 0.865. The second-order valence-electron chi connectivity index (χ2n) is 4.70. The maximum absolute atomic E-state index is 6.46. The molecule has 0 radical (unpaired) electrons. The zero-order valence-corrected chi connectivity index (χ0v) is 13.6. The second-order valence-corrected chi connectivity index (χ2v) is 5.86. The molecule has 0 fully saturated rings. The number of nitrogens with two attached hydrogens (primary N) is 1. The van der Waals surface area contributed by atoms with Crippen LogP contribution in [0.3, 0.4) is 0 Å². The van der Waals surface area contributed by atoms with Crippen molar-refractivity contribution < 1.29 is 4.74 Å². The predicted octanol–water partition coefficient (Wildman–Crippen LogP) is 3.96. The Hall–Kier alpha value is -1.07. The quantitative estimate of drug-likeness (QED) is 0.834. The van der Waals surface area contributed by atoms with Gasteiger partial charge >= 0.3 is 0 Å². The molecule has 0 aliphatic heterocycles. The van der Waals surface area contributed by atoms with Crippen molar-refractivity contribution >= 4 is 22.6 Å². The number of halogens is 1. The Kier molecular flexibility index (Phi) is 4.47. The zero-order chi connectivity index (χ0) is 14.0. The van der Waals surface area contributed by atoms with E-state index in [0.29, 0.717) is 0 Å². The summed E-state index contributed by atoms with van der Waals surface area (Å²) in [4.78, 5) is 0. The lowest BCUT2D eigenvalue weighted by molar-refractivity contribution is 0.407. The summed E-state index contributed by atoms with van der Waals surface area (Å²) >= 11 is 2.32. The van der Waals surface area contributed by atoms with Gasteiger partial charge in [0.2, 0.25) is 0 Å². The number of rotatable bonds is 3. The largest absolute Gasteiger partial charge is 0.496 e. The zero-order valence-electron chi connectivity index (χ0n) is 11.4. The van der Waals surface area contributed by atoms with Crippen LogP contribution in [-0.2, 0) is 0 Å². The molecule has 2 nitrogen and oxygen atoms in total. The van der Waals surface area contributed by atoms with E-state index in [1.807, 2.05) is 18.2 Å². The van der Waals surface area contributed by atoms with Crippen LogP contribution in [0.25, 0.3) is 0 Å². The molecule has 0 saturated heterocycles. The van der Waals surface area contributed by atoms with Gasteiger partial charge in [-0.25, -0.2) is 0 Å². The van der Waals surface area contributed by atoms with Gasteiger partial charge in [0.1, 0.15) is 5.75 Å². The summed E-state index contributed by atoms with van der Waals surface area (Å²) in [6.07, 6.45) is 0. The maximum atomic E-state index is 6.46. The molecule has 0 amide bonds. The van der Waals surface area contributed by atoms with Crippen LogP contribution < -0.4 is 10.5 Å². The van der Waals surface area contributed by atoms with Gasteiger partial charge in [-0.3, -0.25) is 0 Å². The van der Waals surface area contributed by atoms with Gasteiger partial charge in [-0.05, 0) is 65.3 Å². The highest BCUT2D eigenvalue weighted by atomic mass is 127. The molecule has 0 aliphatic carbocycles. The highest BCUT2D eigenvalue weighted by Gasteiger charge is 2.18. The SMILES string of the molecule is COc1cc(C)cc(C)c1C(N)c1ccccc1I. The number of benzene rings is 2. The van der Waals surface area contributed by atoms with Gasteiger partial charge in [0.15, 0.2) is 0 Å². The Morgan fingerprint density at radius 3 is 2.47 bits per heavy atom. The van der Waals surface area contributed by atoms with Crippen LogP contribution in [0, 0.1) is 17.4 Å². The first-order valence-corrected chi connectivity index (χ1v) is 7.27. The van der Waals surface area contributed by atoms with Gasteiger partial charge in [0.25, 0.3) is 0 Å². The molecule has 3 heteroatoms. The molecule has 0 aliphatic rings. The van der Waals surface area contributed by atoms with Crippen LogP contribution >= 0.6 is 22.6 Å². The van der Waals surface area contributed by atoms with E-state index in [9.17, 15) is 0 Å². The molecule has 1 unspecified atom stereocenters. The van der Waals surface area contributed by atoms with Crippen molar-refractivity contribution in [1.29, 1.82) is 0 Å². The standard InChI is InChI=1S/C16H18INO/c1-10-8-11(2)15(14(9-10)19-3)16(18)12-6-4-5-7-13(12)17/h4-9,16H,18H2,1-3H3. The van der Waals surface area contributed by atoms with Gasteiger partial charge in [-0.15, -0.1) is 0 Å². The topological polar surface area (TPSA) is 35.2 Å². The molecule has 1 atom stereocenters. The Morgan fingerprint density at radius 2 is 1.84 bits per heavy atom. The Bertz CT molecular complexity index is 595. The molecular formula is C16H18INO.